The van der Waals surface area contributed by atoms with Crippen molar-refractivity contribution in [3.8, 4) is 0 Å². The molecule has 0 radical (unpaired) electrons. The van der Waals surface area contributed by atoms with Gasteiger partial charge in [0.25, 0.3) is 0 Å². The zero-order valence-electron chi connectivity index (χ0n) is 16.5. The fourth-order valence-electron chi connectivity index (χ4n) is 4.16. The number of fused-ring (bicyclic) bond motifs is 2. The van der Waals surface area contributed by atoms with Gasteiger partial charge >= 0.3 is 23.9 Å². The number of carbonyl (C=O) groups excluding carboxylic acids is 4. The van der Waals surface area contributed by atoms with Crippen molar-refractivity contribution in [3.05, 3.63) is 0 Å². The Labute approximate surface area is 158 Å². The highest BCUT2D eigenvalue weighted by molar-refractivity contribution is 6.01. The van der Waals surface area contributed by atoms with Crippen LogP contribution < -0.4 is 5.32 Å². The first-order chi connectivity index (χ1) is 12.6. The van der Waals surface area contributed by atoms with Crippen LogP contribution in [0, 0.1) is 11.8 Å². The number of nitrogens with one attached hydrogen (secondary N) is 1. The first-order valence-electron chi connectivity index (χ1n) is 8.93. The second-order valence-corrected chi connectivity index (χ2v) is 7.48. The van der Waals surface area contributed by atoms with E-state index in [2.05, 4.69) is 5.32 Å². The number of ether oxygens (including phenoxy) is 4. The molecule has 0 saturated carbocycles. The highest BCUT2D eigenvalue weighted by Gasteiger charge is 2.77. The topological polar surface area (TPSA) is 117 Å². The van der Waals surface area contributed by atoms with E-state index in [9.17, 15) is 19.2 Å². The molecule has 4 atom stereocenters. The molecule has 0 aromatic carbocycles. The molecule has 0 amide bonds. The standard InChI is InChI=1S/C18H27NO8/c1-9(2)26-13(20)11-12(14(21)27-10(3)4)18(16(23)25-6)8-7-17(11,19-18)15(22)24-5/h9-12,19H,7-8H2,1-6H3/t11-,12+,17+,18-. The van der Waals surface area contributed by atoms with Crippen molar-refractivity contribution in [3.63, 3.8) is 0 Å². The van der Waals surface area contributed by atoms with Crippen LogP contribution in [0.3, 0.4) is 0 Å². The summed E-state index contributed by atoms with van der Waals surface area (Å²) in [5, 5.41) is 2.91. The summed E-state index contributed by atoms with van der Waals surface area (Å²) in [6.45, 7) is 6.61. The molecule has 9 heteroatoms. The van der Waals surface area contributed by atoms with Crippen molar-refractivity contribution in [2.45, 2.75) is 63.8 Å². The lowest BCUT2D eigenvalue weighted by Gasteiger charge is -2.36. The van der Waals surface area contributed by atoms with Crippen LogP contribution in [-0.4, -0.2) is 61.4 Å². The number of hydrogen-bond acceptors (Lipinski definition) is 9. The molecule has 0 unspecified atom stereocenters. The van der Waals surface area contributed by atoms with E-state index in [0.29, 0.717) is 0 Å². The van der Waals surface area contributed by atoms with E-state index in [1.807, 2.05) is 0 Å². The molecule has 27 heavy (non-hydrogen) atoms. The van der Waals surface area contributed by atoms with Gasteiger partial charge in [-0.05, 0) is 40.5 Å². The maximum atomic E-state index is 12.9. The first kappa shape index (κ1) is 21.1. The van der Waals surface area contributed by atoms with Gasteiger partial charge in [-0.2, -0.15) is 0 Å². The Morgan fingerprint density at radius 2 is 1.11 bits per heavy atom. The third kappa shape index (κ3) is 3.28. The van der Waals surface area contributed by atoms with E-state index in [-0.39, 0.29) is 12.8 Å². The molecule has 0 aliphatic carbocycles. The zero-order chi connectivity index (χ0) is 20.6. The summed E-state index contributed by atoms with van der Waals surface area (Å²) in [6.07, 6.45) is -0.694. The normalized spacial score (nSPS) is 31.7. The molecule has 0 aromatic rings. The van der Waals surface area contributed by atoms with Crippen LogP contribution in [-0.2, 0) is 38.1 Å². The van der Waals surface area contributed by atoms with Gasteiger partial charge in [-0.25, -0.2) is 0 Å². The summed E-state index contributed by atoms with van der Waals surface area (Å²) >= 11 is 0. The molecule has 1 N–H and O–H groups in total. The highest BCUT2D eigenvalue weighted by Crippen LogP contribution is 2.54. The van der Waals surface area contributed by atoms with Crippen molar-refractivity contribution in [1.82, 2.24) is 5.32 Å². The fraction of sp³-hybridized carbons (Fsp3) is 0.778. The molecule has 9 nitrogen and oxygen atoms in total. The van der Waals surface area contributed by atoms with Crippen LogP contribution in [0.5, 0.6) is 0 Å². The molecule has 2 saturated heterocycles. The third-order valence-electron chi connectivity index (χ3n) is 5.07. The lowest BCUT2D eigenvalue weighted by molar-refractivity contribution is -0.175. The third-order valence-corrected chi connectivity index (χ3v) is 5.07. The maximum Gasteiger partial charge on any atom is 0.327 e. The van der Waals surface area contributed by atoms with Crippen LogP contribution in [0.2, 0.25) is 0 Å². The minimum atomic E-state index is -1.56. The van der Waals surface area contributed by atoms with Crippen LogP contribution >= 0.6 is 0 Å². The Kier molecular flexibility index (Phi) is 5.84. The quantitative estimate of drug-likeness (QED) is 0.510. The van der Waals surface area contributed by atoms with Crippen molar-refractivity contribution in [2.24, 2.45) is 11.8 Å². The molecular formula is C18H27NO8. The van der Waals surface area contributed by atoms with E-state index in [4.69, 9.17) is 18.9 Å². The molecule has 2 rings (SSSR count). The van der Waals surface area contributed by atoms with Gasteiger partial charge in [0.05, 0.1) is 26.4 Å². The monoisotopic (exact) mass is 385 g/mol. The average molecular weight is 385 g/mol. The average Bonchev–Trinajstić information content (AvgIpc) is 3.13. The summed E-state index contributed by atoms with van der Waals surface area (Å²) in [5.41, 5.74) is -3.12. The van der Waals surface area contributed by atoms with Gasteiger partial charge in [-0.15, -0.1) is 0 Å². The first-order valence-corrected chi connectivity index (χ1v) is 8.93. The van der Waals surface area contributed by atoms with Gasteiger partial charge in [0.15, 0.2) is 0 Å². The van der Waals surface area contributed by atoms with Crippen LogP contribution in [0.15, 0.2) is 0 Å². The Balaban J connectivity index is 2.61. The summed E-state index contributed by atoms with van der Waals surface area (Å²) < 4.78 is 20.4. The van der Waals surface area contributed by atoms with Gasteiger partial charge in [-0.3, -0.25) is 24.5 Å². The summed E-state index contributed by atoms with van der Waals surface area (Å²) in [4.78, 5) is 51.1. The molecule has 0 spiro atoms. The Bertz CT molecular complexity index is 591. The van der Waals surface area contributed by atoms with E-state index < -0.39 is 59.0 Å². The SMILES string of the molecule is COC(=O)[C@]12CC[C@](C(=O)OC)(N1)[C@@H](C(=O)OC(C)C)[C@H]2C(=O)OC(C)C. The van der Waals surface area contributed by atoms with Gasteiger partial charge in [0.1, 0.15) is 22.9 Å². The van der Waals surface area contributed by atoms with Gasteiger partial charge < -0.3 is 18.9 Å². The van der Waals surface area contributed by atoms with Gasteiger partial charge in [0.2, 0.25) is 0 Å². The second-order valence-electron chi connectivity index (χ2n) is 7.48. The molecule has 0 aromatic heterocycles. The number of methoxy groups -OCH3 is 2. The Hall–Kier alpha value is -2.16. The maximum absolute atomic E-state index is 12.9. The van der Waals surface area contributed by atoms with Crippen molar-refractivity contribution < 1.29 is 38.1 Å². The smallest absolute Gasteiger partial charge is 0.327 e. The molecule has 2 heterocycles. The molecule has 2 fully saturated rings. The summed E-state index contributed by atoms with van der Waals surface area (Å²) in [5.74, 6) is -5.55. The zero-order valence-corrected chi connectivity index (χ0v) is 16.5. The van der Waals surface area contributed by atoms with Crippen molar-refractivity contribution in [1.29, 1.82) is 0 Å². The fourth-order valence-corrected chi connectivity index (χ4v) is 4.16. The van der Waals surface area contributed by atoms with Crippen LogP contribution in [0.1, 0.15) is 40.5 Å². The number of hydrogen-bond donors (Lipinski definition) is 1. The van der Waals surface area contributed by atoms with E-state index in [1.165, 1.54) is 14.2 Å². The van der Waals surface area contributed by atoms with Crippen LogP contribution in [0.25, 0.3) is 0 Å². The number of rotatable bonds is 6. The Morgan fingerprint density at radius 3 is 1.37 bits per heavy atom. The minimum absolute atomic E-state index is 0.123. The molecule has 2 bridgehead atoms. The molecule has 2 aliphatic heterocycles. The lowest BCUT2D eigenvalue weighted by atomic mass is 9.66. The molecule has 152 valence electrons. The largest absolute Gasteiger partial charge is 0.468 e. The van der Waals surface area contributed by atoms with Crippen molar-refractivity contribution >= 4 is 23.9 Å². The predicted octanol–water partition coefficient (Wildman–Crippen LogP) is 0.343. The minimum Gasteiger partial charge on any atom is -0.468 e. The van der Waals surface area contributed by atoms with E-state index in [1.54, 1.807) is 27.7 Å². The van der Waals surface area contributed by atoms with E-state index in [0.717, 1.165) is 0 Å². The molecule has 2 aliphatic rings. The summed E-state index contributed by atoms with van der Waals surface area (Å²) in [7, 11) is 2.36. The Morgan fingerprint density at radius 1 is 0.778 bits per heavy atom. The predicted molar refractivity (Wildman–Crippen MR) is 91.3 cm³/mol. The van der Waals surface area contributed by atoms with Gasteiger partial charge in [0, 0.05) is 0 Å². The number of esters is 4. The second kappa shape index (κ2) is 7.46. The van der Waals surface area contributed by atoms with Crippen LogP contribution in [0.4, 0.5) is 0 Å². The highest BCUT2D eigenvalue weighted by atomic mass is 16.6. The van der Waals surface area contributed by atoms with Gasteiger partial charge in [-0.1, -0.05) is 0 Å². The summed E-state index contributed by atoms with van der Waals surface area (Å²) in [6, 6.07) is 0. The number of carbonyl (C=O) groups is 4. The molecular weight excluding hydrogens is 358 g/mol. The van der Waals surface area contributed by atoms with Crippen molar-refractivity contribution in [2.75, 3.05) is 14.2 Å². The van der Waals surface area contributed by atoms with E-state index >= 15 is 0 Å². The lowest BCUT2D eigenvalue weighted by Crippen LogP contribution is -2.55.